The van der Waals surface area contributed by atoms with Gasteiger partial charge in [-0.2, -0.15) is 0 Å². The van der Waals surface area contributed by atoms with Crippen molar-refractivity contribution in [1.29, 1.82) is 0 Å². The molecule has 0 aliphatic heterocycles. The molecule has 140 valence electrons. The van der Waals surface area contributed by atoms with E-state index in [1.165, 1.54) is 17.5 Å². The van der Waals surface area contributed by atoms with Crippen molar-refractivity contribution in [2.24, 2.45) is 0 Å². The Kier molecular flexibility index (Phi) is 5.09. The van der Waals surface area contributed by atoms with Gasteiger partial charge in [0.25, 0.3) is 0 Å². The Morgan fingerprint density at radius 2 is 1.70 bits per heavy atom. The SMILES string of the molecule is O=S(=O)(NCc1ccc(Cn2ccnc2)cc1)c1ccc2c(c1)CCCC2. The molecule has 1 heterocycles. The molecule has 1 aliphatic rings. The number of sulfonamides is 1. The lowest BCUT2D eigenvalue weighted by molar-refractivity contribution is 0.580. The van der Waals surface area contributed by atoms with Gasteiger partial charge in [-0.05, 0) is 60.1 Å². The van der Waals surface area contributed by atoms with Gasteiger partial charge < -0.3 is 4.57 Å². The van der Waals surface area contributed by atoms with Crippen molar-refractivity contribution in [2.75, 3.05) is 0 Å². The lowest BCUT2D eigenvalue weighted by Gasteiger charge is -2.16. The molecule has 0 unspecified atom stereocenters. The number of hydrogen-bond donors (Lipinski definition) is 1. The predicted molar refractivity (Wildman–Crippen MR) is 105 cm³/mol. The monoisotopic (exact) mass is 381 g/mol. The summed E-state index contributed by atoms with van der Waals surface area (Å²) in [7, 11) is -3.51. The summed E-state index contributed by atoms with van der Waals surface area (Å²) in [6, 6.07) is 13.5. The highest BCUT2D eigenvalue weighted by Gasteiger charge is 2.17. The second-order valence-corrected chi connectivity index (χ2v) is 8.78. The zero-order valence-electron chi connectivity index (χ0n) is 15.1. The molecule has 1 aromatic heterocycles. The molecule has 2 aromatic carbocycles. The number of hydrogen-bond acceptors (Lipinski definition) is 3. The molecule has 1 N–H and O–H groups in total. The maximum atomic E-state index is 12.6. The third-order valence-electron chi connectivity index (χ3n) is 5.04. The highest BCUT2D eigenvalue weighted by atomic mass is 32.2. The van der Waals surface area contributed by atoms with Gasteiger partial charge in [-0.15, -0.1) is 0 Å². The molecule has 0 radical (unpaired) electrons. The fourth-order valence-electron chi connectivity index (χ4n) is 3.49. The second-order valence-electron chi connectivity index (χ2n) is 7.01. The molecule has 0 amide bonds. The van der Waals surface area contributed by atoms with Crippen LogP contribution in [0.1, 0.15) is 35.1 Å². The van der Waals surface area contributed by atoms with Gasteiger partial charge in [0, 0.05) is 25.5 Å². The smallest absolute Gasteiger partial charge is 0.240 e. The Bertz CT molecular complexity index is 1010. The largest absolute Gasteiger partial charge is 0.333 e. The molecule has 0 spiro atoms. The summed E-state index contributed by atoms with van der Waals surface area (Å²) in [4.78, 5) is 4.40. The Morgan fingerprint density at radius 1 is 0.963 bits per heavy atom. The van der Waals surface area contributed by atoms with E-state index in [-0.39, 0.29) is 6.54 Å². The highest BCUT2D eigenvalue weighted by molar-refractivity contribution is 7.89. The number of imidazole rings is 1. The molecule has 1 aliphatic carbocycles. The number of nitrogens with one attached hydrogen (secondary N) is 1. The van der Waals surface area contributed by atoms with Gasteiger partial charge in [-0.3, -0.25) is 0 Å². The van der Waals surface area contributed by atoms with E-state index in [2.05, 4.69) is 9.71 Å². The third-order valence-corrected chi connectivity index (χ3v) is 6.44. The average Bonchev–Trinajstić information content (AvgIpc) is 3.20. The molecular formula is C21H23N3O2S. The second kappa shape index (κ2) is 7.66. The number of nitrogens with zero attached hydrogens (tertiary/aromatic N) is 2. The minimum atomic E-state index is -3.51. The Morgan fingerprint density at radius 3 is 2.44 bits per heavy atom. The van der Waals surface area contributed by atoms with Crippen LogP contribution in [-0.4, -0.2) is 18.0 Å². The van der Waals surface area contributed by atoms with Gasteiger partial charge in [0.15, 0.2) is 0 Å². The van der Waals surface area contributed by atoms with E-state index in [0.717, 1.165) is 36.9 Å². The molecule has 6 heteroatoms. The molecule has 0 saturated heterocycles. The van der Waals surface area contributed by atoms with Crippen molar-refractivity contribution in [3.05, 3.63) is 83.4 Å². The predicted octanol–water partition coefficient (Wildman–Crippen LogP) is 3.29. The fourth-order valence-corrected chi connectivity index (χ4v) is 4.56. The number of benzene rings is 2. The van der Waals surface area contributed by atoms with E-state index < -0.39 is 10.0 Å². The Labute approximate surface area is 160 Å². The van der Waals surface area contributed by atoms with Crippen molar-refractivity contribution >= 4 is 10.0 Å². The van der Waals surface area contributed by atoms with Crippen LogP contribution in [0.4, 0.5) is 0 Å². The van der Waals surface area contributed by atoms with E-state index >= 15 is 0 Å². The van der Waals surface area contributed by atoms with Crippen LogP contribution < -0.4 is 4.72 Å². The minimum Gasteiger partial charge on any atom is -0.333 e. The van der Waals surface area contributed by atoms with Crippen LogP contribution in [0.15, 0.2) is 66.1 Å². The third kappa shape index (κ3) is 4.28. The van der Waals surface area contributed by atoms with Crippen LogP contribution in [0.2, 0.25) is 0 Å². The first-order valence-corrected chi connectivity index (χ1v) is 10.7. The summed E-state index contributed by atoms with van der Waals surface area (Å²) in [6.45, 7) is 1.03. The van der Waals surface area contributed by atoms with Crippen molar-refractivity contribution in [3.63, 3.8) is 0 Å². The Balaban J connectivity index is 1.41. The van der Waals surface area contributed by atoms with Crippen LogP contribution in [0.3, 0.4) is 0 Å². The molecule has 0 bridgehead atoms. The molecule has 0 saturated carbocycles. The number of aryl methyl sites for hydroxylation is 2. The molecule has 4 rings (SSSR count). The summed E-state index contributed by atoms with van der Waals surface area (Å²) >= 11 is 0. The maximum absolute atomic E-state index is 12.6. The van der Waals surface area contributed by atoms with Crippen LogP contribution >= 0.6 is 0 Å². The van der Waals surface area contributed by atoms with Gasteiger partial charge in [-0.1, -0.05) is 30.3 Å². The highest BCUT2D eigenvalue weighted by Crippen LogP contribution is 2.24. The minimum absolute atomic E-state index is 0.283. The molecule has 5 nitrogen and oxygen atoms in total. The molecule has 27 heavy (non-hydrogen) atoms. The van der Waals surface area contributed by atoms with Crippen LogP contribution in [-0.2, 0) is 36.0 Å². The zero-order valence-corrected chi connectivity index (χ0v) is 16.0. The summed E-state index contributed by atoms with van der Waals surface area (Å²) < 4.78 is 30.0. The van der Waals surface area contributed by atoms with E-state index in [1.54, 1.807) is 18.6 Å². The van der Waals surface area contributed by atoms with Crippen molar-refractivity contribution in [2.45, 2.75) is 43.7 Å². The fraction of sp³-hybridized carbons (Fsp3) is 0.286. The molecule has 3 aromatic rings. The van der Waals surface area contributed by atoms with Crippen LogP contribution in [0.5, 0.6) is 0 Å². The van der Waals surface area contributed by atoms with E-state index in [1.807, 2.05) is 47.2 Å². The van der Waals surface area contributed by atoms with Crippen molar-refractivity contribution in [3.8, 4) is 0 Å². The van der Waals surface area contributed by atoms with Gasteiger partial charge in [0.1, 0.15) is 0 Å². The van der Waals surface area contributed by atoms with E-state index in [0.29, 0.717) is 4.90 Å². The number of fused-ring (bicyclic) bond motifs is 1. The molecular weight excluding hydrogens is 358 g/mol. The van der Waals surface area contributed by atoms with Crippen molar-refractivity contribution < 1.29 is 8.42 Å². The summed E-state index contributed by atoms with van der Waals surface area (Å²) in [5.74, 6) is 0. The lowest BCUT2D eigenvalue weighted by atomic mass is 9.92. The maximum Gasteiger partial charge on any atom is 0.240 e. The van der Waals surface area contributed by atoms with E-state index in [9.17, 15) is 8.42 Å². The number of aromatic nitrogens is 2. The molecule has 0 fully saturated rings. The van der Waals surface area contributed by atoms with Gasteiger partial charge in [-0.25, -0.2) is 18.1 Å². The summed E-state index contributed by atoms with van der Waals surface area (Å²) in [5, 5.41) is 0. The lowest BCUT2D eigenvalue weighted by Crippen LogP contribution is -2.23. The normalized spacial score (nSPS) is 14.1. The quantitative estimate of drug-likeness (QED) is 0.713. The van der Waals surface area contributed by atoms with Crippen LogP contribution in [0.25, 0.3) is 0 Å². The number of rotatable bonds is 6. The topological polar surface area (TPSA) is 64.0 Å². The first kappa shape index (κ1) is 17.9. The molecule has 0 atom stereocenters. The zero-order chi connectivity index (χ0) is 18.7. The average molecular weight is 382 g/mol. The van der Waals surface area contributed by atoms with Gasteiger partial charge >= 0.3 is 0 Å². The summed E-state index contributed by atoms with van der Waals surface area (Å²) in [5.41, 5.74) is 4.54. The van der Waals surface area contributed by atoms with Gasteiger partial charge in [0.05, 0.1) is 11.2 Å². The first-order valence-electron chi connectivity index (χ1n) is 9.25. The summed E-state index contributed by atoms with van der Waals surface area (Å²) in [6.07, 6.45) is 9.79. The standard InChI is InChI=1S/C21H23N3O2S/c25-27(26,21-10-9-19-3-1-2-4-20(19)13-21)23-14-17-5-7-18(8-6-17)15-24-12-11-22-16-24/h5-13,16,23H,1-4,14-15H2. The van der Waals surface area contributed by atoms with Crippen LogP contribution in [0, 0.1) is 0 Å². The Hall–Kier alpha value is -2.44. The van der Waals surface area contributed by atoms with E-state index in [4.69, 9.17) is 0 Å². The first-order chi connectivity index (χ1) is 13.1. The van der Waals surface area contributed by atoms with Gasteiger partial charge in [0.2, 0.25) is 10.0 Å². The van der Waals surface area contributed by atoms with Crippen molar-refractivity contribution in [1.82, 2.24) is 14.3 Å².